The highest BCUT2D eigenvalue weighted by Crippen LogP contribution is 2.45. The van der Waals surface area contributed by atoms with Crippen molar-refractivity contribution in [3.8, 4) is 5.88 Å². The Morgan fingerprint density at radius 2 is 2.03 bits per heavy atom. The molecule has 3 fully saturated rings. The van der Waals surface area contributed by atoms with Gasteiger partial charge >= 0.3 is 12.1 Å². The smallest absolute Gasteiger partial charge is 0.478 e. The van der Waals surface area contributed by atoms with Crippen LogP contribution < -0.4 is 4.74 Å². The van der Waals surface area contributed by atoms with E-state index in [9.17, 15) is 18.0 Å². The molecule has 0 bridgehead atoms. The Morgan fingerprint density at radius 3 is 2.57 bits per heavy atom. The minimum absolute atomic E-state index is 0.110. The number of aromatic nitrogens is 1. The first kappa shape index (κ1) is 22.3. The van der Waals surface area contributed by atoms with Gasteiger partial charge in [0, 0.05) is 24.8 Å². The van der Waals surface area contributed by atoms with Crippen LogP contribution in [0.25, 0.3) is 0 Å². The average Bonchev–Trinajstić information content (AvgIpc) is 3.24. The van der Waals surface area contributed by atoms with Gasteiger partial charge < -0.3 is 19.5 Å². The van der Waals surface area contributed by atoms with Gasteiger partial charge in [-0.25, -0.2) is 9.78 Å². The molecule has 1 aromatic heterocycles. The van der Waals surface area contributed by atoms with Gasteiger partial charge in [0.05, 0.1) is 19.7 Å². The lowest BCUT2D eigenvalue weighted by Crippen LogP contribution is -2.66. The quantitative estimate of drug-likeness (QED) is 0.773. The minimum Gasteiger partial charge on any atom is -0.478 e. The molecule has 4 rings (SSSR count). The molecule has 0 aromatic carbocycles. The first-order valence-electron chi connectivity index (χ1n) is 9.89. The van der Waals surface area contributed by atoms with E-state index in [1.807, 2.05) is 23.1 Å². The van der Waals surface area contributed by atoms with Crippen LogP contribution in [0.15, 0.2) is 24.4 Å². The van der Waals surface area contributed by atoms with E-state index >= 15 is 0 Å². The molecule has 10 heteroatoms. The van der Waals surface area contributed by atoms with Crippen LogP contribution in [0.3, 0.4) is 0 Å². The zero-order chi connectivity index (χ0) is 21.9. The summed E-state index contributed by atoms with van der Waals surface area (Å²) in [5.74, 6) is -0.416. The van der Waals surface area contributed by atoms with Crippen LogP contribution >= 0.6 is 0 Å². The largest absolute Gasteiger partial charge is 0.490 e. The van der Waals surface area contributed by atoms with Crippen molar-refractivity contribution in [2.24, 2.45) is 17.8 Å². The number of carboxylic acid groups (broad SMARTS) is 1. The van der Waals surface area contributed by atoms with Crippen molar-refractivity contribution in [3.63, 3.8) is 0 Å². The number of carbonyl (C=O) groups excluding carboxylic acids is 1. The van der Waals surface area contributed by atoms with Gasteiger partial charge in [0.1, 0.15) is 5.60 Å². The molecule has 2 saturated heterocycles. The first-order chi connectivity index (χ1) is 14.1. The number of hydrogen-bond acceptors (Lipinski definition) is 5. The minimum atomic E-state index is -5.08. The number of likely N-dealkylation sites (tertiary alicyclic amines) is 1. The van der Waals surface area contributed by atoms with Crippen LogP contribution in [0.5, 0.6) is 5.88 Å². The molecule has 1 N–H and O–H groups in total. The number of rotatable bonds is 5. The second-order valence-corrected chi connectivity index (χ2v) is 8.02. The number of amides is 1. The zero-order valence-corrected chi connectivity index (χ0v) is 16.6. The van der Waals surface area contributed by atoms with E-state index in [1.165, 1.54) is 0 Å². The maximum Gasteiger partial charge on any atom is 0.490 e. The zero-order valence-electron chi connectivity index (χ0n) is 16.6. The number of hydrogen-bond donors (Lipinski definition) is 1. The Hall–Kier alpha value is -2.36. The number of ether oxygens (including phenoxy) is 2. The normalized spacial score (nSPS) is 26.4. The lowest BCUT2D eigenvalue weighted by atomic mass is 9.79. The van der Waals surface area contributed by atoms with Gasteiger partial charge in [0.15, 0.2) is 0 Å². The molecular formula is C20H25F3N2O5. The Bertz CT molecular complexity index is 753. The molecular weight excluding hydrogens is 405 g/mol. The molecule has 7 nitrogen and oxygen atoms in total. The molecule has 2 aliphatic heterocycles. The summed E-state index contributed by atoms with van der Waals surface area (Å²) in [7, 11) is 0. The van der Waals surface area contributed by atoms with E-state index in [0.717, 1.165) is 39.0 Å². The Morgan fingerprint density at radius 1 is 1.37 bits per heavy atom. The van der Waals surface area contributed by atoms with Crippen LogP contribution in [-0.4, -0.2) is 64.9 Å². The number of carbonyl (C=O) groups is 2. The molecule has 3 atom stereocenters. The van der Waals surface area contributed by atoms with Gasteiger partial charge in [0.25, 0.3) is 0 Å². The third-order valence-electron chi connectivity index (χ3n) is 5.85. The van der Waals surface area contributed by atoms with Crippen molar-refractivity contribution in [2.75, 3.05) is 26.3 Å². The molecule has 30 heavy (non-hydrogen) atoms. The van der Waals surface area contributed by atoms with Gasteiger partial charge in [0.2, 0.25) is 11.8 Å². The van der Waals surface area contributed by atoms with Crippen LogP contribution in [0.2, 0.25) is 0 Å². The maximum atomic E-state index is 12.3. The number of halogens is 3. The van der Waals surface area contributed by atoms with Crippen molar-refractivity contribution >= 4 is 11.9 Å². The summed E-state index contributed by atoms with van der Waals surface area (Å²) in [6.07, 6.45) is -0.264. The highest BCUT2D eigenvalue weighted by Gasteiger charge is 2.56. The first-order valence-corrected chi connectivity index (χ1v) is 9.89. The Labute approximate surface area is 172 Å². The van der Waals surface area contributed by atoms with Gasteiger partial charge in [-0.3, -0.25) is 4.79 Å². The summed E-state index contributed by atoms with van der Waals surface area (Å²) >= 11 is 0. The molecule has 1 saturated carbocycles. The number of nitrogens with zero attached hydrogens (tertiary/aromatic N) is 2. The summed E-state index contributed by atoms with van der Waals surface area (Å²) in [6, 6.07) is 5.69. The molecule has 3 aliphatic rings. The fraction of sp³-hybridized carbons (Fsp3) is 0.650. The molecule has 166 valence electrons. The maximum absolute atomic E-state index is 12.3. The fourth-order valence-corrected chi connectivity index (χ4v) is 3.94. The Kier molecular flexibility index (Phi) is 6.54. The van der Waals surface area contributed by atoms with Crippen LogP contribution in [-0.2, 0) is 14.3 Å². The standard InChI is InChI=1S/C18H24N2O3.C2HF3O2/c1-13-10-15(13)17(21)20-11-18(12-20)14(6-9-23-18)5-8-22-16-4-2-3-7-19-16;3-2(4,5)1(6)7/h2-4,7,13-15H,5-6,8-12H2,1H3;(H,6,7). The SMILES string of the molecule is CC1CC1C(=O)N1CC2(C1)OCCC2CCOc1ccccn1.O=C(O)C(F)(F)F. The fourth-order valence-electron chi connectivity index (χ4n) is 3.94. The molecule has 1 aromatic rings. The lowest BCUT2D eigenvalue weighted by molar-refractivity contribution is -0.192. The van der Waals surface area contributed by atoms with Gasteiger partial charge in [-0.1, -0.05) is 13.0 Å². The molecule has 1 spiro atoms. The van der Waals surface area contributed by atoms with Crippen molar-refractivity contribution in [2.45, 2.75) is 38.0 Å². The topological polar surface area (TPSA) is 89.0 Å². The van der Waals surface area contributed by atoms with E-state index < -0.39 is 12.1 Å². The average molecular weight is 430 g/mol. The van der Waals surface area contributed by atoms with Gasteiger partial charge in [-0.15, -0.1) is 0 Å². The van der Waals surface area contributed by atoms with E-state index in [4.69, 9.17) is 19.4 Å². The van der Waals surface area contributed by atoms with Crippen LogP contribution in [0.4, 0.5) is 13.2 Å². The van der Waals surface area contributed by atoms with Crippen molar-refractivity contribution < 1.29 is 37.3 Å². The summed E-state index contributed by atoms with van der Waals surface area (Å²) < 4.78 is 43.5. The van der Waals surface area contributed by atoms with Crippen LogP contribution in [0.1, 0.15) is 26.2 Å². The molecule has 3 unspecified atom stereocenters. The highest BCUT2D eigenvalue weighted by atomic mass is 19.4. The van der Waals surface area contributed by atoms with E-state index in [2.05, 4.69) is 11.9 Å². The van der Waals surface area contributed by atoms with Crippen LogP contribution in [0, 0.1) is 17.8 Å². The van der Waals surface area contributed by atoms with E-state index in [-0.39, 0.29) is 11.5 Å². The summed E-state index contributed by atoms with van der Waals surface area (Å²) in [6.45, 7) is 5.14. The van der Waals surface area contributed by atoms with E-state index in [1.54, 1.807) is 6.20 Å². The van der Waals surface area contributed by atoms with Gasteiger partial charge in [-0.2, -0.15) is 13.2 Å². The highest BCUT2D eigenvalue weighted by molar-refractivity contribution is 5.82. The second-order valence-electron chi connectivity index (χ2n) is 8.02. The van der Waals surface area contributed by atoms with Crippen molar-refractivity contribution in [1.29, 1.82) is 0 Å². The molecule has 0 radical (unpaired) electrons. The summed E-state index contributed by atoms with van der Waals surface area (Å²) in [5.41, 5.74) is -0.110. The number of carboxylic acids is 1. The third kappa shape index (κ3) is 5.21. The number of aliphatic carboxylic acids is 1. The summed E-state index contributed by atoms with van der Waals surface area (Å²) in [5, 5.41) is 7.12. The summed E-state index contributed by atoms with van der Waals surface area (Å²) in [4.78, 5) is 27.3. The number of alkyl halides is 3. The molecule has 1 aliphatic carbocycles. The molecule has 3 heterocycles. The number of pyridine rings is 1. The predicted molar refractivity (Wildman–Crippen MR) is 98.7 cm³/mol. The Balaban J connectivity index is 0.000000318. The lowest BCUT2D eigenvalue weighted by Gasteiger charge is -2.50. The predicted octanol–water partition coefficient (Wildman–Crippen LogP) is 2.76. The second kappa shape index (κ2) is 8.79. The molecule has 1 amide bonds. The third-order valence-corrected chi connectivity index (χ3v) is 5.85. The van der Waals surface area contributed by atoms with Crippen molar-refractivity contribution in [3.05, 3.63) is 24.4 Å². The monoisotopic (exact) mass is 430 g/mol. The van der Waals surface area contributed by atoms with E-state index in [0.29, 0.717) is 30.2 Å². The van der Waals surface area contributed by atoms with Crippen molar-refractivity contribution in [1.82, 2.24) is 9.88 Å². The van der Waals surface area contributed by atoms with Gasteiger partial charge in [-0.05, 0) is 37.2 Å².